The number of carbonyl (C=O) groups is 1. The Morgan fingerprint density at radius 1 is 1.47 bits per heavy atom. The van der Waals surface area contributed by atoms with Gasteiger partial charge in [-0.05, 0) is 26.2 Å². The number of rotatable bonds is 3. The lowest BCUT2D eigenvalue weighted by Gasteiger charge is -2.30. The highest BCUT2D eigenvalue weighted by atomic mass is 16.5. The Bertz CT molecular complexity index is 432. The van der Waals surface area contributed by atoms with Crippen molar-refractivity contribution in [2.75, 3.05) is 44.4 Å². The third-order valence-electron chi connectivity index (χ3n) is 2.73. The first kappa shape index (κ1) is 11.7. The van der Waals surface area contributed by atoms with Crippen molar-refractivity contribution in [3.63, 3.8) is 0 Å². The van der Waals surface area contributed by atoms with Gasteiger partial charge in [-0.25, -0.2) is 0 Å². The summed E-state index contributed by atoms with van der Waals surface area (Å²) < 4.78 is 5.37. The molecule has 0 fully saturated rings. The number of benzene rings is 1. The number of amides is 1. The van der Waals surface area contributed by atoms with Crippen molar-refractivity contribution in [1.82, 2.24) is 4.90 Å². The van der Waals surface area contributed by atoms with E-state index in [0.29, 0.717) is 18.0 Å². The molecule has 2 N–H and O–H groups in total. The lowest BCUT2D eigenvalue weighted by atomic mass is 10.2. The Hall–Kier alpha value is -1.75. The zero-order valence-electron chi connectivity index (χ0n) is 10.1. The highest BCUT2D eigenvalue weighted by Gasteiger charge is 2.26. The summed E-state index contributed by atoms with van der Waals surface area (Å²) >= 11 is 0. The number of fused-ring (bicyclic) bond motifs is 1. The number of hydrogen-bond donors (Lipinski definition) is 1. The van der Waals surface area contributed by atoms with E-state index >= 15 is 0 Å². The van der Waals surface area contributed by atoms with E-state index in [2.05, 4.69) is 0 Å². The Balaban J connectivity index is 2.27. The summed E-state index contributed by atoms with van der Waals surface area (Å²) in [6.07, 6.45) is 0. The molecule has 0 spiro atoms. The van der Waals surface area contributed by atoms with Crippen LogP contribution in [0, 0.1) is 0 Å². The van der Waals surface area contributed by atoms with Crippen LogP contribution in [0.5, 0.6) is 5.75 Å². The average Bonchev–Trinajstić information content (AvgIpc) is 2.27. The fourth-order valence-corrected chi connectivity index (χ4v) is 1.80. The summed E-state index contributed by atoms with van der Waals surface area (Å²) in [6.45, 7) is 1.51. The maximum Gasteiger partial charge on any atom is 0.265 e. The fourth-order valence-electron chi connectivity index (χ4n) is 1.80. The van der Waals surface area contributed by atoms with E-state index in [1.807, 2.05) is 31.1 Å². The molecule has 0 unspecified atom stereocenters. The van der Waals surface area contributed by atoms with E-state index in [0.717, 1.165) is 12.2 Å². The molecular formula is C12H17N3O2. The van der Waals surface area contributed by atoms with Crippen LogP contribution in [0.3, 0.4) is 0 Å². The first-order chi connectivity index (χ1) is 8.09. The smallest absolute Gasteiger partial charge is 0.265 e. The minimum Gasteiger partial charge on any atom is -0.479 e. The molecule has 5 heteroatoms. The molecule has 1 aromatic rings. The zero-order chi connectivity index (χ0) is 12.4. The minimum atomic E-state index is -0.0232. The molecule has 17 heavy (non-hydrogen) atoms. The molecule has 0 aliphatic carbocycles. The molecule has 1 aliphatic rings. The predicted molar refractivity (Wildman–Crippen MR) is 67.3 cm³/mol. The van der Waals surface area contributed by atoms with Gasteiger partial charge in [-0.3, -0.25) is 4.79 Å². The summed E-state index contributed by atoms with van der Waals surface area (Å²) in [6, 6.07) is 5.47. The summed E-state index contributed by atoms with van der Waals surface area (Å²) in [5.74, 6) is 0.593. The van der Waals surface area contributed by atoms with Gasteiger partial charge in [0, 0.05) is 13.1 Å². The summed E-state index contributed by atoms with van der Waals surface area (Å²) in [5, 5.41) is 0. The molecule has 0 aromatic heterocycles. The predicted octanol–water partition coefficient (Wildman–Crippen LogP) is 0.556. The van der Waals surface area contributed by atoms with E-state index in [4.69, 9.17) is 10.5 Å². The molecule has 0 atom stereocenters. The number of carbonyl (C=O) groups excluding carboxylic acids is 1. The number of anilines is 2. The second-order valence-corrected chi connectivity index (χ2v) is 4.33. The van der Waals surface area contributed by atoms with Crippen molar-refractivity contribution in [1.29, 1.82) is 0 Å². The zero-order valence-corrected chi connectivity index (χ0v) is 10.1. The molecule has 0 radical (unpaired) electrons. The van der Waals surface area contributed by atoms with Crippen molar-refractivity contribution in [3.8, 4) is 5.75 Å². The number of nitrogen functional groups attached to an aromatic ring is 1. The molecule has 0 saturated heterocycles. The summed E-state index contributed by atoms with van der Waals surface area (Å²) in [5.41, 5.74) is 7.17. The monoisotopic (exact) mass is 235 g/mol. The quantitative estimate of drug-likeness (QED) is 0.778. The van der Waals surface area contributed by atoms with Crippen molar-refractivity contribution in [2.45, 2.75) is 0 Å². The fraction of sp³-hybridized carbons (Fsp3) is 0.417. The second kappa shape index (κ2) is 4.63. The van der Waals surface area contributed by atoms with E-state index < -0.39 is 0 Å². The summed E-state index contributed by atoms with van der Waals surface area (Å²) in [7, 11) is 3.95. The van der Waals surface area contributed by atoms with Gasteiger partial charge in [0.05, 0.1) is 11.4 Å². The first-order valence-corrected chi connectivity index (χ1v) is 5.56. The van der Waals surface area contributed by atoms with E-state index in [-0.39, 0.29) is 12.5 Å². The molecule has 1 heterocycles. The number of para-hydroxylation sites is 1. The van der Waals surface area contributed by atoms with Crippen molar-refractivity contribution in [2.24, 2.45) is 0 Å². The average molecular weight is 235 g/mol. The van der Waals surface area contributed by atoms with Gasteiger partial charge in [-0.15, -0.1) is 0 Å². The van der Waals surface area contributed by atoms with Crippen LogP contribution in [0.25, 0.3) is 0 Å². The Morgan fingerprint density at radius 2 is 2.24 bits per heavy atom. The number of nitrogens with zero attached hydrogens (tertiary/aromatic N) is 2. The molecule has 92 valence electrons. The SMILES string of the molecule is CN(C)CCN1C(=O)COc2c(N)cccc21. The number of ether oxygens (including phenoxy) is 1. The van der Waals surface area contributed by atoms with Gasteiger partial charge in [0.15, 0.2) is 12.4 Å². The van der Waals surface area contributed by atoms with E-state index in [1.165, 1.54) is 0 Å². The third kappa shape index (κ3) is 2.34. The molecular weight excluding hydrogens is 218 g/mol. The normalized spacial score (nSPS) is 14.8. The van der Waals surface area contributed by atoms with Gasteiger partial charge in [0.2, 0.25) is 0 Å². The van der Waals surface area contributed by atoms with E-state index in [1.54, 1.807) is 11.0 Å². The Morgan fingerprint density at radius 3 is 2.94 bits per heavy atom. The van der Waals surface area contributed by atoms with Crippen molar-refractivity contribution >= 4 is 17.3 Å². The maximum absolute atomic E-state index is 11.8. The minimum absolute atomic E-state index is 0.0232. The molecule has 5 nitrogen and oxygen atoms in total. The van der Waals surface area contributed by atoms with Crippen molar-refractivity contribution in [3.05, 3.63) is 18.2 Å². The topological polar surface area (TPSA) is 58.8 Å². The molecule has 1 aliphatic heterocycles. The number of nitrogens with two attached hydrogens (primary N) is 1. The lowest BCUT2D eigenvalue weighted by molar-refractivity contribution is -0.121. The second-order valence-electron chi connectivity index (χ2n) is 4.33. The Labute approximate surface area is 101 Å². The summed E-state index contributed by atoms with van der Waals surface area (Å²) in [4.78, 5) is 15.6. The van der Waals surface area contributed by atoms with Crippen LogP contribution < -0.4 is 15.4 Å². The Kier molecular flexibility index (Phi) is 3.19. The van der Waals surface area contributed by atoms with Crippen LogP contribution in [0.4, 0.5) is 11.4 Å². The van der Waals surface area contributed by atoms with Gasteiger partial charge < -0.3 is 20.3 Å². The highest BCUT2D eigenvalue weighted by molar-refractivity contribution is 5.99. The first-order valence-electron chi connectivity index (χ1n) is 5.56. The number of likely N-dealkylation sites (N-methyl/N-ethyl adjacent to an activating group) is 1. The van der Waals surface area contributed by atoms with Crippen LogP contribution in [0.1, 0.15) is 0 Å². The van der Waals surface area contributed by atoms with Gasteiger partial charge in [0.1, 0.15) is 0 Å². The highest BCUT2D eigenvalue weighted by Crippen LogP contribution is 2.36. The molecule has 2 rings (SSSR count). The molecule has 0 saturated carbocycles. The van der Waals surface area contributed by atoms with Crippen LogP contribution >= 0.6 is 0 Å². The molecule has 1 aromatic carbocycles. The van der Waals surface area contributed by atoms with Gasteiger partial charge in [-0.1, -0.05) is 6.07 Å². The van der Waals surface area contributed by atoms with E-state index in [9.17, 15) is 4.79 Å². The lowest BCUT2D eigenvalue weighted by Crippen LogP contribution is -2.42. The third-order valence-corrected chi connectivity index (χ3v) is 2.73. The van der Waals surface area contributed by atoms with Gasteiger partial charge in [0.25, 0.3) is 5.91 Å². The van der Waals surface area contributed by atoms with Crippen molar-refractivity contribution < 1.29 is 9.53 Å². The standard InChI is InChI=1S/C12H17N3O2/c1-14(2)6-7-15-10-5-3-4-9(13)12(10)17-8-11(15)16/h3-5H,6-8,13H2,1-2H3. The van der Waals surface area contributed by atoms with Gasteiger partial charge in [-0.2, -0.15) is 0 Å². The molecule has 0 bridgehead atoms. The molecule has 1 amide bonds. The van der Waals surface area contributed by atoms with Gasteiger partial charge >= 0.3 is 0 Å². The maximum atomic E-state index is 11.8. The van der Waals surface area contributed by atoms with Crippen LogP contribution in [0.2, 0.25) is 0 Å². The van der Waals surface area contributed by atoms with Crippen LogP contribution in [-0.2, 0) is 4.79 Å². The largest absolute Gasteiger partial charge is 0.479 e. The van der Waals surface area contributed by atoms with Crippen LogP contribution in [-0.4, -0.2) is 44.6 Å². The van der Waals surface area contributed by atoms with Crippen LogP contribution in [0.15, 0.2) is 18.2 Å². The number of hydrogen-bond acceptors (Lipinski definition) is 4.